The number of guanidine groups is 1. The van der Waals surface area contributed by atoms with E-state index >= 15 is 0 Å². The topological polar surface area (TPSA) is 61.8 Å². The maximum Gasteiger partial charge on any atom is 0.191 e. The monoisotopic (exact) mass is 339 g/mol. The molecule has 0 saturated carbocycles. The second kappa shape index (κ2) is 9.85. The van der Waals surface area contributed by atoms with Crippen molar-refractivity contribution in [3.8, 4) is 0 Å². The fourth-order valence-corrected chi connectivity index (χ4v) is 3.29. The van der Waals surface area contributed by atoms with Crippen molar-refractivity contribution in [2.75, 3.05) is 46.4 Å². The van der Waals surface area contributed by atoms with Gasteiger partial charge in [-0.15, -0.1) is 11.3 Å². The Morgan fingerprint density at radius 3 is 3.04 bits per heavy atom. The van der Waals surface area contributed by atoms with Crippen molar-refractivity contribution >= 4 is 17.3 Å². The van der Waals surface area contributed by atoms with Crippen LogP contribution in [0.2, 0.25) is 0 Å². The summed E-state index contributed by atoms with van der Waals surface area (Å²) in [5.74, 6) is 0.858. The predicted octanol–water partition coefficient (Wildman–Crippen LogP) is 1.13. The molecular weight excluding hydrogens is 310 g/mol. The summed E-state index contributed by atoms with van der Waals surface area (Å²) in [5.41, 5.74) is 0. The molecule has 23 heavy (non-hydrogen) atoms. The van der Waals surface area contributed by atoms with E-state index < -0.39 is 0 Å². The van der Waals surface area contributed by atoms with Crippen LogP contribution >= 0.6 is 11.3 Å². The molecule has 2 N–H and O–H groups in total. The van der Waals surface area contributed by atoms with Gasteiger partial charge in [0.25, 0.3) is 0 Å². The zero-order chi connectivity index (χ0) is 16.5. The molecule has 7 heteroatoms. The summed E-state index contributed by atoms with van der Waals surface area (Å²) in [6.45, 7) is 9.38. The van der Waals surface area contributed by atoms with E-state index in [0.717, 1.165) is 51.6 Å². The normalized spacial score (nSPS) is 19.8. The molecular formula is C16H29N5OS. The number of rotatable bonds is 7. The summed E-state index contributed by atoms with van der Waals surface area (Å²) in [7, 11) is 2.13. The van der Waals surface area contributed by atoms with Crippen molar-refractivity contribution in [2.45, 2.75) is 32.8 Å². The standard InChI is InChI=1S/C16H29N5OS/c1-4-14-11-19-15(23-14)6-7-18-16(17-5-2)20-10-13-12-21(3)8-9-22-13/h11,13H,4-10,12H2,1-3H3,(H2,17,18,20). The van der Waals surface area contributed by atoms with E-state index in [4.69, 9.17) is 4.74 Å². The number of aromatic nitrogens is 1. The summed E-state index contributed by atoms with van der Waals surface area (Å²) < 4.78 is 5.75. The number of morpholine rings is 1. The molecule has 1 fully saturated rings. The average Bonchev–Trinajstić information content (AvgIpc) is 3.01. The lowest BCUT2D eigenvalue weighted by Crippen LogP contribution is -2.43. The van der Waals surface area contributed by atoms with E-state index in [2.05, 4.69) is 46.4 Å². The first kappa shape index (κ1) is 18.2. The van der Waals surface area contributed by atoms with Crippen molar-refractivity contribution in [1.82, 2.24) is 20.5 Å². The molecule has 1 aliphatic rings. The highest BCUT2D eigenvalue weighted by Crippen LogP contribution is 2.13. The highest BCUT2D eigenvalue weighted by Gasteiger charge is 2.17. The Balaban J connectivity index is 1.76. The summed E-state index contributed by atoms with van der Waals surface area (Å²) >= 11 is 1.80. The molecule has 0 bridgehead atoms. The number of hydrogen-bond donors (Lipinski definition) is 2. The second-order valence-electron chi connectivity index (χ2n) is 5.73. The Kier molecular flexibility index (Phi) is 7.78. The molecule has 0 spiro atoms. The fraction of sp³-hybridized carbons (Fsp3) is 0.750. The number of aliphatic imine (C=N–C) groups is 1. The number of nitrogens with zero attached hydrogens (tertiary/aromatic N) is 3. The van der Waals surface area contributed by atoms with Gasteiger partial charge in [-0.25, -0.2) is 4.98 Å². The van der Waals surface area contributed by atoms with E-state index in [1.807, 2.05) is 6.20 Å². The van der Waals surface area contributed by atoms with Crippen LogP contribution in [0.1, 0.15) is 23.7 Å². The number of nitrogens with one attached hydrogen (secondary N) is 2. The zero-order valence-corrected chi connectivity index (χ0v) is 15.3. The van der Waals surface area contributed by atoms with Crippen LogP contribution in [-0.2, 0) is 17.6 Å². The van der Waals surface area contributed by atoms with Crippen LogP contribution in [-0.4, -0.2) is 68.3 Å². The molecule has 130 valence electrons. The van der Waals surface area contributed by atoms with Crippen LogP contribution in [0.15, 0.2) is 11.2 Å². The van der Waals surface area contributed by atoms with E-state index in [9.17, 15) is 0 Å². The van der Waals surface area contributed by atoms with Crippen LogP contribution in [0.4, 0.5) is 0 Å². The molecule has 0 amide bonds. The van der Waals surface area contributed by atoms with Crippen LogP contribution in [0.3, 0.4) is 0 Å². The van der Waals surface area contributed by atoms with Crippen LogP contribution in [0.5, 0.6) is 0 Å². The Bertz CT molecular complexity index is 491. The molecule has 0 aromatic carbocycles. The minimum absolute atomic E-state index is 0.190. The van der Waals surface area contributed by atoms with Crippen LogP contribution < -0.4 is 10.6 Å². The Morgan fingerprint density at radius 2 is 2.35 bits per heavy atom. The minimum atomic E-state index is 0.190. The number of hydrogen-bond acceptors (Lipinski definition) is 5. The third-order valence-corrected chi connectivity index (χ3v) is 4.92. The third-order valence-electron chi connectivity index (χ3n) is 3.72. The summed E-state index contributed by atoms with van der Waals surface area (Å²) in [5, 5.41) is 7.86. The molecule has 1 atom stereocenters. The second-order valence-corrected chi connectivity index (χ2v) is 6.93. The van der Waals surface area contributed by atoms with Gasteiger partial charge in [0.15, 0.2) is 5.96 Å². The lowest BCUT2D eigenvalue weighted by Gasteiger charge is -2.29. The van der Waals surface area contributed by atoms with Gasteiger partial charge in [0.1, 0.15) is 0 Å². The quantitative estimate of drug-likeness (QED) is 0.576. The van der Waals surface area contributed by atoms with Crippen LogP contribution in [0, 0.1) is 0 Å². The van der Waals surface area contributed by atoms with E-state index in [1.165, 1.54) is 9.88 Å². The highest BCUT2D eigenvalue weighted by molar-refractivity contribution is 7.11. The summed E-state index contributed by atoms with van der Waals surface area (Å²) in [4.78, 5) is 12.7. The van der Waals surface area contributed by atoms with Crippen molar-refractivity contribution < 1.29 is 4.74 Å². The van der Waals surface area contributed by atoms with Crippen molar-refractivity contribution in [1.29, 1.82) is 0 Å². The third kappa shape index (κ3) is 6.45. The van der Waals surface area contributed by atoms with E-state index in [-0.39, 0.29) is 6.10 Å². The lowest BCUT2D eigenvalue weighted by atomic mass is 10.3. The fourth-order valence-electron chi connectivity index (χ4n) is 2.43. The number of ether oxygens (including phenoxy) is 1. The highest BCUT2D eigenvalue weighted by atomic mass is 32.1. The van der Waals surface area contributed by atoms with Gasteiger partial charge < -0.3 is 20.3 Å². The molecule has 0 aliphatic carbocycles. The van der Waals surface area contributed by atoms with Gasteiger partial charge in [-0.2, -0.15) is 0 Å². The van der Waals surface area contributed by atoms with Crippen molar-refractivity contribution in [3.05, 3.63) is 16.1 Å². The predicted molar refractivity (Wildman–Crippen MR) is 96.4 cm³/mol. The largest absolute Gasteiger partial charge is 0.374 e. The smallest absolute Gasteiger partial charge is 0.191 e. The molecule has 0 radical (unpaired) electrons. The molecule has 1 aromatic rings. The molecule has 2 heterocycles. The molecule has 1 aliphatic heterocycles. The van der Waals surface area contributed by atoms with Crippen LogP contribution in [0.25, 0.3) is 0 Å². The minimum Gasteiger partial charge on any atom is -0.374 e. The first-order valence-corrected chi connectivity index (χ1v) is 9.28. The number of aryl methyl sites for hydroxylation is 1. The zero-order valence-electron chi connectivity index (χ0n) is 14.5. The first-order valence-electron chi connectivity index (χ1n) is 8.47. The Hall–Kier alpha value is -1.18. The molecule has 2 rings (SSSR count). The average molecular weight is 340 g/mol. The van der Waals surface area contributed by atoms with E-state index in [1.54, 1.807) is 11.3 Å². The van der Waals surface area contributed by atoms with Gasteiger partial charge in [-0.1, -0.05) is 6.92 Å². The maximum atomic E-state index is 5.75. The molecule has 1 unspecified atom stereocenters. The maximum absolute atomic E-state index is 5.75. The number of likely N-dealkylation sites (N-methyl/N-ethyl adjacent to an activating group) is 1. The molecule has 1 aromatic heterocycles. The summed E-state index contributed by atoms with van der Waals surface area (Å²) in [6, 6.07) is 0. The first-order chi connectivity index (χ1) is 11.2. The van der Waals surface area contributed by atoms with Gasteiger partial charge in [0, 0.05) is 43.7 Å². The molecule has 6 nitrogen and oxygen atoms in total. The SMILES string of the molecule is CCNC(=NCC1CN(C)CCO1)NCCc1ncc(CC)s1. The van der Waals surface area contributed by atoms with Crippen molar-refractivity contribution in [3.63, 3.8) is 0 Å². The van der Waals surface area contributed by atoms with Gasteiger partial charge in [0.05, 0.1) is 24.3 Å². The Morgan fingerprint density at radius 1 is 1.48 bits per heavy atom. The van der Waals surface area contributed by atoms with Gasteiger partial charge in [-0.3, -0.25) is 4.99 Å². The van der Waals surface area contributed by atoms with Gasteiger partial charge in [0.2, 0.25) is 0 Å². The molecule has 1 saturated heterocycles. The Labute approximate surface area is 143 Å². The van der Waals surface area contributed by atoms with Crippen molar-refractivity contribution in [2.24, 2.45) is 4.99 Å². The summed E-state index contributed by atoms with van der Waals surface area (Å²) in [6.07, 6.45) is 4.16. The van der Waals surface area contributed by atoms with Gasteiger partial charge >= 0.3 is 0 Å². The lowest BCUT2D eigenvalue weighted by molar-refractivity contribution is -0.0136. The van der Waals surface area contributed by atoms with E-state index in [0.29, 0.717) is 6.54 Å². The van der Waals surface area contributed by atoms with Gasteiger partial charge in [-0.05, 0) is 20.4 Å². The number of thiazole rings is 1.